The Bertz CT molecular complexity index is 956. The van der Waals surface area contributed by atoms with Crippen LogP contribution in [0.5, 0.6) is 0 Å². The summed E-state index contributed by atoms with van der Waals surface area (Å²) >= 11 is 0. The molecule has 1 fully saturated rings. The molecule has 1 saturated heterocycles. The van der Waals surface area contributed by atoms with Crippen molar-refractivity contribution in [2.75, 3.05) is 6.54 Å². The first-order valence-corrected chi connectivity index (χ1v) is 9.26. The molecule has 0 aliphatic carbocycles. The van der Waals surface area contributed by atoms with Crippen LogP contribution in [0.25, 0.3) is 11.0 Å². The molecule has 3 aromatic rings. The predicted molar refractivity (Wildman–Crippen MR) is 104 cm³/mol. The highest BCUT2D eigenvalue weighted by molar-refractivity contribution is 5.90. The second-order valence-electron chi connectivity index (χ2n) is 7.48. The lowest BCUT2D eigenvalue weighted by molar-refractivity contribution is -0.00162. The van der Waals surface area contributed by atoms with E-state index in [1.54, 1.807) is 18.3 Å². The summed E-state index contributed by atoms with van der Waals surface area (Å²) in [7, 11) is 0. The Morgan fingerprint density at radius 3 is 2.74 bits per heavy atom. The van der Waals surface area contributed by atoms with Crippen LogP contribution in [-0.4, -0.2) is 39.0 Å². The summed E-state index contributed by atoms with van der Waals surface area (Å²) in [6.07, 6.45) is 2.37. The predicted octanol–water partition coefficient (Wildman–Crippen LogP) is 3.84. The molecule has 1 aliphatic rings. The Balaban J connectivity index is 1.47. The first-order chi connectivity index (χ1) is 13.0. The van der Waals surface area contributed by atoms with Gasteiger partial charge in [-0.1, -0.05) is 30.3 Å². The molecule has 4 rings (SSSR count). The average Bonchev–Trinajstić information content (AvgIpc) is 2.96. The number of carbonyl (C=O) groups is 1. The lowest BCUT2D eigenvalue weighted by Gasteiger charge is -2.35. The van der Waals surface area contributed by atoms with E-state index in [2.05, 4.69) is 53.0 Å². The van der Waals surface area contributed by atoms with Crippen molar-refractivity contribution in [3.05, 3.63) is 72.1 Å². The Morgan fingerprint density at radius 1 is 1.11 bits per heavy atom. The van der Waals surface area contributed by atoms with Gasteiger partial charge in [0.1, 0.15) is 11.8 Å². The molecule has 0 spiro atoms. The highest BCUT2D eigenvalue weighted by Gasteiger charge is 2.43. The van der Waals surface area contributed by atoms with E-state index in [0.29, 0.717) is 11.2 Å². The minimum Gasteiger partial charge on any atom is -0.456 e. The quantitative estimate of drug-likeness (QED) is 0.661. The molecule has 1 atom stereocenters. The van der Waals surface area contributed by atoms with Gasteiger partial charge >= 0.3 is 5.97 Å². The summed E-state index contributed by atoms with van der Waals surface area (Å²) in [4.78, 5) is 23.7. The van der Waals surface area contributed by atoms with E-state index in [9.17, 15) is 4.79 Å². The first-order valence-electron chi connectivity index (χ1n) is 9.26. The summed E-state index contributed by atoms with van der Waals surface area (Å²) in [5.74, 6) is -0.375. The van der Waals surface area contributed by atoms with Gasteiger partial charge in [0.25, 0.3) is 0 Å². The van der Waals surface area contributed by atoms with Gasteiger partial charge in [0, 0.05) is 19.3 Å². The number of hydrogen-bond donors (Lipinski definition) is 0. The van der Waals surface area contributed by atoms with E-state index in [1.165, 1.54) is 5.56 Å². The van der Waals surface area contributed by atoms with Crippen LogP contribution in [0.15, 0.2) is 60.8 Å². The summed E-state index contributed by atoms with van der Waals surface area (Å²) < 4.78 is 5.87. The van der Waals surface area contributed by atoms with Crippen molar-refractivity contribution >= 4 is 17.0 Å². The van der Waals surface area contributed by atoms with Crippen molar-refractivity contribution in [2.24, 2.45) is 0 Å². The van der Waals surface area contributed by atoms with Crippen LogP contribution >= 0.6 is 0 Å². The molecular weight excluding hydrogens is 338 g/mol. The van der Waals surface area contributed by atoms with Gasteiger partial charge in [-0.05, 0) is 50.1 Å². The Hall–Kier alpha value is -2.79. The molecule has 5 nitrogen and oxygen atoms in total. The molecule has 3 heterocycles. The number of likely N-dealkylation sites (tertiary alicyclic amines) is 1. The second-order valence-corrected chi connectivity index (χ2v) is 7.48. The number of fused-ring (bicyclic) bond motifs is 1. The summed E-state index contributed by atoms with van der Waals surface area (Å²) in [5.41, 5.74) is 2.82. The largest absolute Gasteiger partial charge is 0.456 e. The van der Waals surface area contributed by atoms with Gasteiger partial charge in [0.05, 0.1) is 16.6 Å². The molecule has 0 N–H and O–H groups in total. The van der Waals surface area contributed by atoms with Crippen molar-refractivity contribution in [1.29, 1.82) is 0 Å². The molecule has 2 aromatic heterocycles. The van der Waals surface area contributed by atoms with Crippen molar-refractivity contribution in [3.63, 3.8) is 0 Å². The second kappa shape index (κ2) is 7.08. The Morgan fingerprint density at radius 2 is 1.93 bits per heavy atom. The van der Waals surface area contributed by atoms with E-state index in [4.69, 9.17) is 4.74 Å². The van der Waals surface area contributed by atoms with Crippen LogP contribution in [0.1, 0.15) is 36.3 Å². The minimum absolute atomic E-state index is 0.167. The smallest absolute Gasteiger partial charge is 0.357 e. The van der Waals surface area contributed by atoms with Crippen molar-refractivity contribution in [3.8, 4) is 0 Å². The summed E-state index contributed by atoms with van der Waals surface area (Å²) in [5, 5.41) is 0. The van der Waals surface area contributed by atoms with Crippen molar-refractivity contribution in [1.82, 2.24) is 14.9 Å². The lowest BCUT2D eigenvalue weighted by atomic mass is 9.98. The molecule has 0 bridgehead atoms. The number of hydrogen-bond acceptors (Lipinski definition) is 5. The molecular formula is C22H23N3O2. The topological polar surface area (TPSA) is 55.3 Å². The molecule has 1 unspecified atom stereocenters. The normalized spacial score (nSPS) is 19.3. The van der Waals surface area contributed by atoms with Crippen LogP contribution < -0.4 is 0 Å². The van der Waals surface area contributed by atoms with Crippen LogP contribution in [0, 0.1) is 0 Å². The molecule has 1 aromatic carbocycles. The molecule has 0 radical (unpaired) electrons. The number of nitrogens with zero attached hydrogens (tertiary/aromatic N) is 3. The van der Waals surface area contributed by atoms with Crippen LogP contribution in [0.2, 0.25) is 0 Å². The maximum absolute atomic E-state index is 12.7. The van der Waals surface area contributed by atoms with Gasteiger partial charge < -0.3 is 4.74 Å². The van der Waals surface area contributed by atoms with E-state index < -0.39 is 0 Å². The van der Waals surface area contributed by atoms with Crippen LogP contribution in [0.3, 0.4) is 0 Å². The van der Waals surface area contributed by atoms with Gasteiger partial charge in [-0.15, -0.1) is 0 Å². The zero-order valence-electron chi connectivity index (χ0n) is 15.6. The van der Waals surface area contributed by atoms with Gasteiger partial charge in [0.2, 0.25) is 0 Å². The zero-order valence-corrected chi connectivity index (χ0v) is 15.6. The molecule has 0 amide bonds. The van der Waals surface area contributed by atoms with Crippen LogP contribution in [0.4, 0.5) is 0 Å². The number of pyridine rings is 2. The third-order valence-corrected chi connectivity index (χ3v) is 5.40. The van der Waals surface area contributed by atoms with E-state index in [-0.39, 0.29) is 17.6 Å². The fourth-order valence-electron chi connectivity index (χ4n) is 3.67. The van der Waals surface area contributed by atoms with E-state index in [1.807, 2.05) is 18.2 Å². The first kappa shape index (κ1) is 17.6. The molecule has 27 heavy (non-hydrogen) atoms. The zero-order chi connectivity index (χ0) is 18.9. The van der Waals surface area contributed by atoms with Gasteiger partial charge in [-0.2, -0.15) is 0 Å². The number of aromatic nitrogens is 2. The van der Waals surface area contributed by atoms with Gasteiger partial charge in [-0.3, -0.25) is 9.88 Å². The fraction of sp³-hybridized carbons (Fsp3) is 0.318. The maximum Gasteiger partial charge on any atom is 0.357 e. The molecule has 0 saturated carbocycles. The number of ether oxygens (including phenoxy) is 1. The lowest BCUT2D eigenvalue weighted by Crippen LogP contribution is -2.46. The fourth-order valence-corrected chi connectivity index (χ4v) is 3.67. The number of esters is 1. The van der Waals surface area contributed by atoms with Crippen LogP contribution in [-0.2, 0) is 11.3 Å². The average molecular weight is 361 g/mol. The monoisotopic (exact) mass is 361 g/mol. The van der Waals surface area contributed by atoms with E-state index >= 15 is 0 Å². The van der Waals surface area contributed by atoms with Gasteiger partial charge in [-0.25, -0.2) is 9.78 Å². The highest BCUT2D eigenvalue weighted by Crippen LogP contribution is 2.33. The Kier molecular flexibility index (Phi) is 4.62. The Labute approximate surface area is 159 Å². The maximum atomic E-state index is 12.7. The number of benzene rings is 1. The minimum atomic E-state index is -0.375. The third-order valence-electron chi connectivity index (χ3n) is 5.40. The third kappa shape index (κ3) is 3.55. The molecule has 138 valence electrons. The van der Waals surface area contributed by atoms with Gasteiger partial charge in [0.15, 0.2) is 0 Å². The van der Waals surface area contributed by atoms with E-state index in [0.717, 1.165) is 25.0 Å². The van der Waals surface area contributed by atoms with Crippen molar-refractivity contribution in [2.45, 2.75) is 38.5 Å². The number of carbonyl (C=O) groups excluding carboxylic acids is 1. The molecule has 5 heteroatoms. The highest BCUT2D eigenvalue weighted by atomic mass is 16.5. The number of rotatable bonds is 4. The molecule has 1 aliphatic heterocycles. The SMILES string of the molecule is CC1(C)C(OC(=O)c2ccc3ncccc3n2)CCN1Cc1ccccc1. The summed E-state index contributed by atoms with van der Waals surface area (Å²) in [6.45, 7) is 6.02. The standard InChI is InChI=1S/C22H23N3O2/c1-22(2)20(12-14-25(22)15-16-7-4-3-5-8-16)27-21(26)19-11-10-17-18(24-19)9-6-13-23-17/h3-11,13,20H,12,14-15H2,1-2H3. The van der Waals surface area contributed by atoms with Crippen molar-refractivity contribution < 1.29 is 9.53 Å². The summed E-state index contributed by atoms with van der Waals surface area (Å²) in [6, 6.07) is 17.5.